The van der Waals surface area contributed by atoms with Crippen LogP contribution in [-0.4, -0.2) is 125 Å². The Hall–Kier alpha value is -8.67. The molecule has 0 saturated carbocycles. The van der Waals surface area contributed by atoms with Gasteiger partial charge in [-0.2, -0.15) is 0 Å². The van der Waals surface area contributed by atoms with Crippen LogP contribution in [0.15, 0.2) is 108 Å². The van der Waals surface area contributed by atoms with Crippen molar-refractivity contribution < 1.29 is 57.3 Å². The number of aromatic nitrogens is 1. The highest BCUT2D eigenvalue weighted by Gasteiger charge is 2.30. The van der Waals surface area contributed by atoms with Crippen molar-refractivity contribution in [1.82, 2.24) is 31.6 Å². The van der Waals surface area contributed by atoms with Gasteiger partial charge in [0.25, 0.3) is 0 Å². The number of carbonyl (C=O) groups is 8. The van der Waals surface area contributed by atoms with Gasteiger partial charge < -0.3 is 72.4 Å². The second kappa shape index (κ2) is 36.0. The van der Waals surface area contributed by atoms with Gasteiger partial charge in [-0.25, -0.2) is 14.4 Å². The molecular weight excluding hydrogens is 1190 g/mol. The van der Waals surface area contributed by atoms with Crippen LogP contribution in [0.3, 0.4) is 0 Å². The lowest BCUT2D eigenvalue weighted by molar-refractivity contribution is -0.131. The van der Waals surface area contributed by atoms with Gasteiger partial charge in [0, 0.05) is 36.6 Å². The molecule has 508 valence electrons. The van der Waals surface area contributed by atoms with Gasteiger partial charge in [0.15, 0.2) is 0 Å². The summed E-state index contributed by atoms with van der Waals surface area (Å²) in [4.78, 5) is 106. The number of hydrogen-bond acceptors (Lipinski definition) is 16. The maximum Gasteiger partial charge on any atom is 0.414 e. The zero-order valence-electron chi connectivity index (χ0n) is 56.3. The molecule has 93 heavy (non-hydrogen) atoms. The van der Waals surface area contributed by atoms with Gasteiger partial charge in [-0.15, -0.1) is 0 Å². The quantitative estimate of drug-likeness (QED) is 0.00702. The Morgan fingerprint density at radius 1 is 0.581 bits per heavy atom. The molecule has 23 nitrogen and oxygen atoms in total. The van der Waals surface area contributed by atoms with Gasteiger partial charge in [-0.1, -0.05) is 98.1 Å². The van der Waals surface area contributed by atoms with E-state index >= 15 is 0 Å². The first-order valence-electron chi connectivity index (χ1n) is 31.7. The fraction of sp³-hybridized carbons (Fsp3) is 0.500. The molecule has 6 amide bonds. The molecule has 0 aliphatic carbocycles. The smallest absolute Gasteiger partial charge is 0.414 e. The van der Waals surface area contributed by atoms with Gasteiger partial charge in [0.2, 0.25) is 23.7 Å². The number of nitrogens with zero attached hydrogens (tertiary/aromatic N) is 1. The van der Waals surface area contributed by atoms with Gasteiger partial charge in [0.1, 0.15) is 52.8 Å². The monoisotopic (exact) mass is 1290 g/mol. The van der Waals surface area contributed by atoms with Crippen molar-refractivity contribution in [3.63, 3.8) is 0 Å². The number of nitrogens with one attached hydrogen (secondary N) is 6. The Bertz CT molecular complexity index is 3220. The molecule has 0 aliphatic heterocycles. The highest BCUT2D eigenvalue weighted by Crippen LogP contribution is 2.25. The maximum atomic E-state index is 13.6. The number of fused-ring (bicyclic) bond motifs is 1. The van der Waals surface area contributed by atoms with Crippen molar-refractivity contribution in [2.75, 3.05) is 13.1 Å². The fourth-order valence-corrected chi connectivity index (χ4v) is 9.49. The summed E-state index contributed by atoms with van der Waals surface area (Å²) in [5.74, 6) is -1.12. The summed E-state index contributed by atoms with van der Waals surface area (Å²) in [6.07, 6.45) is 7.57. The molecule has 0 fully saturated rings. The third-order valence-corrected chi connectivity index (χ3v) is 13.8. The third kappa shape index (κ3) is 30.5. The van der Waals surface area contributed by atoms with Crippen molar-refractivity contribution in [1.29, 1.82) is 0 Å². The highest BCUT2D eigenvalue weighted by molar-refractivity contribution is 6.01. The van der Waals surface area contributed by atoms with E-state index in [1.165, 1.54) is 0 Å². The SMILES string of the molecule is CC(C)(C)OC(=O)NC(=NCCCCCC[C@@](N)(C=O)Cc1ccc(-c2ccc(C[C@H](N)C=O)cc2)cc1)NC(=O)OC(C)(C)C.CC(C)(C)OC(=O)NCCCC[C@H](NC(=O)[C@@H](N)Cc1ccc(OC(C)(C)C)cc1)C(=O)N[C@@H](Cc1c[nH]c2ccccc12)C(N)=O. The van der Waals surface area contributed by atoms with Crippen LogP contribution in [0.25, 0.3) is 22.0 Å². The molecule has 1 heterocycles. The van der Waals surface area contributed by atoms with Crippen LogP contribution in [-0.2, 0) is 63.9 Å². The summed E-state index contributed by atoms with van der Waals surface area (Å²) < 4.78 is 21.6. The molecule has 0 unspecified atom stereocenters. The number of amides is 6. The lowest BCUT2D eigenvalue weighted by atomic mass is 9.87. The number of primary amides is 1. The summed E-state index contributed by atoms with van der Waals surface area (Å²) in [6, 6.07) is 27.4. The number of aldehydes is 2. The van der Waals surface area contributed by atoms with Crippen molar-refractivity contribution in [2.45, 2.75) is 212 Å². The summed E-state index contributed by atoms with van der Waals surface area (Å²) in [5, 5.41) is 14.1. The molecule has 0 saturated heterocycles. The molecule has 5 aromatic rings. The Morgan fingerprint density at radius 3 is 1.66 bits per heavy atom. The number of nitrogens with two attached hydrogens (primary N) is 4. The summed E-state index contributed by atoms with van der Waals surface area (Å²) in [7, 11) is 0. The molecule has 5 rings (SSSR count). The van der Waals surface area contributed by atoms with E-state index in [0.717, 1.165) is 76.1 Å². The predicted molar refractivity (Wildman–Crippen MR) is 362 cm³/mol. The first-order valence-corrected chi connectivity index (χ1v) is 31.7. The lowest BCUT2D eigenvalue weighted by Gasteiger charge is -2.24. The number of unbranched alkanes of at least 4 members (excludes halogenated alkanes) is 4. The van der Waals surface area contributed by atoms with Crippen molar-refractivity contribution in [3.8, 4) is 16.9 Å². The van der Waals surface area contributed by atoms with Crippen LogP contribution in [0.4, 0.5) is 14.4 Å². The number of rotatable bonds is 29. The van der Waals surface area contributed by atoms with Crippen LogP contribution >= 0.6 is 0 Å². The molecule has 0 aliphatic rings. The number of ether oxygens (including phenoxy) is 4. The van der Waals surface area contributed by atoms with E-state index in [1.54, 1.807) is 68.5 Å². The van der Waals surface area contributed by atoms with Crippen molar-refractivity contribution >= 4 is 65.4 Å². The van der Waals surface area contributed by atoms with Gasteiger partial charge in [-0.05, 0) is 186 Å². The number of carbonyl (C=O) groups excluding carboxylic acids is 8. The van der Waals surface area contributed by atoms with Crippen LogP contribution in [0.5, 0.6) is 5.75 Å². The molecule has 0 radical (unpaired) electrons. The zero-order chi connectivity index (χ0) is 69.2. The molecule has 14 N–H and O–H groups in total. The fourth-order valence-electron chi connectivity index (χ4n) is 9.49. The number of hydrogen-bond donors (Lipinski definition) is 10. The molecule has 1 aromatic heterocycles. The predicted octanol–water partition coefficient (Wildman–Crippen LogP) is 8.82. The van der Waals surface area contributed by atoms with Gasteiger partial charge in [-0.3, -0.25) is 30.0 Å². The highest BCUT2D eigenvalue weighted by atomic mass is 16.6. The number of H-pyrrole nitrogens is 1. The summed E-state index contributed by atoms with van der Waals surface area (Å²) >= 11 is 0. The van der Waals surface area contributed by atoms with E-state index in [2.05, 4.69) is 36.6 Å². The zero-order valence-corrected chi connectivity index (χ0v) is 56.3. The Labute approximate surface area is 547 Å². The second-order valence-corrected chi connectivity index (χ2v) is 27.3. The second-order valence-electron chi connectivity index (χ2n) is 27.3. The minimum absolute atomic E-state index is 0.0483. The molecule has 5 atom stereocenters. The number of aliphatic imine (C=N–C) groups is 1. The Balaban J connectivity index is 0.000000397. The van der Waals surface area contributed by atoms with E-state index in [1.807, 2.05) is 118 Å². The number of para-hydroxylation sites is 1. The first kappa shape index (κ1) is 76.8. The van der Waals surface area contributed by atoms with E-state index in [-0.39, 0.29) is 30.8 Å². The topological polar surface area (TPSA) is 366 Å². The normalized spacial score (nSPS) is 13.6. The van der Waals surface area contributed by atoms with E-state index in [4.69, 9.17) is 41.9 Å². The largest absolute Gasteiger partial charge is 0.488 e. The summed E-state index contributed by atoms with van der Waals surface area (Å²) in [6.45, 7) is 22.3. The van der Waals surface area contributed by atoms with Gasteiger partial charge >= 0.3 is 18.3 Å². The van der Waals surface area contributed by atoms with Crippen molar-refractivity contribution in [3.05, 3.63) is 126 Å². The minimum Gasteiger partial charge on any atom is -0.488 e. The molecule has 23 heteroatoms. The molecule has 4 aromatic carbocycles. The number of aromatic amines is 1. The van der Waals surface area contributed by atoms with E-state index < -0.39 is 82.5 Å². The molecule has 0 spiro atoms. The van der Waals surface area contributed by atoms with Crippen LogP contribution in [0.1, 0.15) is 157 Å². The van der Waals surface area contributed by atoms with E-state index in [0.29, 0.717) is 57.4 Å². The molecular formula is C70H101N11O12. The van der Waals surface area contributed by atoms with Gasteiger partial charge in [0.05, 0.1) is 17.6 Å². The average Bonchev–Trinajstić information content (AvgIpc) is 1.92. The maximum absolute atomic E-state index is 13.6. The number of alkyl carbamates (subject to hydrolysis) is 3. The van der Waals surface area contributed by atoms with Crippen molar-refractivity contribution in [2.24, 2.45) is 27.9 Å². The average molecular weight is 1290 g/mol. The Kier molecular flexibility index (Phi) is 29.7. The van der Waals surface area contributed by atoms with E-state index in [9.17, 15) is 38.4 Å². The third-order valence-electron chi connectivity index (χ3n) is 13.8. The molecule has 0 bridgehead atoms. The Morgan fingerprint density at radius 2 is 1.11 bits per heavy atom. The standard InChI is InChI=1S/C35H50N6O6.C35H51N5O6/c1-34(2,3)46-24-16-14-22(15-17-24)19-26(36)31(43)40-28(13-9-10-18-38-33(45)47-35(4,5)6)32(44)41-29(30(37)42)20-23-21-39-27-12-8-7-11-25(23)27;1-33(2,3)45-31(43)39-30(40-32(44)46-34(4,5)6)38-20-10-8-7-9-19-35(37,24-42)22-26-13-17-28(18-14-26)27-15-11-25(12-16-27)21-29(36)23-41/h7-8,11-12,14-17,21,26,28-29,39H,9-10,13,18-20,36H2,1-6H3,(H2,37,42)(H,38,45)(H,40,43)(H,41,44);11-18,23-24,29H,7-10,19-22,36-37H2,1-6H3,(H2,38,39,40,43,44)/t26-,28-,29-;29-,35-/m00/s1. The lowest BCUT2D eigenvalue weighted by Crippen LogP contribution is -2.56. The van der Waals surface area contributed by atoms with Crippen LogP contribution < -0.4 is 54.3 Å². The number of benzene rings is 4. The number of guanidine groups is 1. The van der Waals surface area contributed by atoms with Crippen LogP contribution in [0.2, 0.25) is 0 Å². The first-order chi connectivity index (χ1) is 43.5. The summed E-state index contributed by atoms with van der Waals surface area (Å²) in [5.41, 5.74) is 27.4. The van der Waals surface area contributed by atoms with Crippen LogP contribution in [0, 0.1) is 0 Å². The minimum atomic E-state index is -1.02.